The van der Waals surface area contributed by atoms with Crippen molar-refractivity contribution in [2.75, 3.05) is 0 Å². The summed E-state index contributed by atoms with van der Waals surface area (Å²) < 4.78 is 0. The van der Waals surface area contributed by atoms with Gasteiger partial charge in [-0.3, -0.25) is 0 Å². The molecule has 0 spiro atoms. The van der Waals surface area contributed by atoms with Crippen molar-refractivity contribution in [3.8, 4) is 0 Å². The zero-order valence-corrected chi connectivity index (χ0v) is 5.72. The number of hydrogen-bond donors (Lipinski definition) is 1. The van der Waals surface area contributed by atoms with E-state index in [2.05, 4.69) is 26.0 Å². The molecule has 0 rings (SSSR count). The molecule has 0 aromatic heterocycles. The molecule has 0 saturated heterocycles. The van der Waals surface area contributed by atoms with Crippen LogP contribution in [-0.2, 0) is 0 Å². The van der Waals surface area contributed by atoms with Gasteiger partial charge in [0.1, 0.15) is 0 Å². The van der Waals surface area contributed by atoms with Crippen molar-refractivity contribution in [2.45, 2.75) is 32.7 Å². The summed E-state index contributed by atoms with van der Waals surface area (Å²) in [6.45, 7) is 4.20. The third-order valence-electron chi connectivity index (χ3n) is 1.09. The predicted octanol–water partition coefficient (Wildman–Crippen LogP) is 1.69. The summed E-state index contributed by atoms with van der Waals surface area (Å²) in [4.78, 5) is 0. The molecule has 0 saturated carbocycles. The van der Waals surface area contributed by atoms with Crippen molar-refractivity contribution in [2.24, 2.45) is 5.73 Å². The number of rotatable bonds is 3. The number of allylic oxidation sites excluding steroid dienone is 1. The molecule has 0 aromatic rings. The Bertz CT molecular complexity index is 66.8. The molecule has 0 amide bonds. The molecule has 1 unspecified atom stereocenters. The first-order chi connectivity index (χ1) is 3.81. The molecule has 0 radical (unpaired) electrons. The van der Waals surface area contributed by atoms with E-state index in [1.165, 1.54) is 0 Å². The molecule has 0 bridgehead atoms. The van der Waals surface area contributed by atoms with Crippen LogP contribution < -0.4 is 5.73 Å². The summed E-state index contributed by atoms with van der Waals surface area (Å²) in [5.41, 5.74) is 5.57. The van der Waals surface area contributed by atoms with E-state index in [1.807, 2.05) is 0 Å². The highest BCUT2D eigenvalue weighted by molar-refractivity contribution is 4.89. The van der Waals surface area contributed by atoms with Gasteiger partial charge in [0.05, 0.1) is 0 Å². The normalized spacial score (nSPS) is 14.9. The van der Waals surface area contributed by atoms with E-state index < -0.39 is 0 Å². The van der Waals surface area contributed by atoms with E-state index in [1.54, 1.807) is 0 Å². The van der Waals surface area contributed by atoms with Gasteiger partial charge in [-0.1, -0.05) is 26.0 Å². The van der Waals surface area contributed by atoms with E-state index >= 15 is 0 Å². The Labute approximate surface area is 51.6 Å². The summed E-state index contributed by atoms with van der Waals surface area (Å²) in [5.74, 6) is 0. The maximum atomic E-state index is 5.57. The van der Waals surface area contributed by atoms with Gasteiger partial charge in [-0.2, -0.15) is 0 Å². The standard InChI is InChI=1S/C7H15N/c1-3-5-6-7(8)4-2/h5-7H,3-4,8H2,1-2H3/b6-5-. The van der Waals surface area contributed by atoms with Gasteiger partial charge in [0.2, 0.25) is 0 Å². The Kier molecular flexibility index (Phi) is 4.67. The molecule has 2 N–H and O–H groups in total. The maximum Gasteiger partial charge on any atom is 0.0221 e. The lowest BCUT2D eigenvalue weighted by molar-refractivity contribution is 0.779. The second-order valence-electron chi connectivity index (χ2n) is 1.91. The quantitative estimate of drug-likeness (QED) is 0.554. The molecule has 48 valence electrons. The largest absolute Gasteiger partial charge is 0.324 e. The second kappa shape index (κ2) is 4.85. The van der Waals surface area contributed by atoms with Crippen molar-refractivity contribution in [1.82, 2.24) is 0 Å². The van der Waals surface area contributed by atoms with Crippen molar-refractivity contribution in [3.05, 3.63) is 12.2 Å². The van der Waals surface area contributed by atoms with E-state index in [0.717, 1.165) is 12.8 Å². The summed E-state index contributed by atoms with van der Waals surface area (Å²) in [7, 11) is 0. The molecule has 0 fully saturated rings. The monoisotopic (exact) mass is 113 g/mol. The van der Waals surface area contributed by atoms with Crippen molar-refractivity contribution in [1.29, 1.82) is 0 Å². The average molecular weight is 113 g/mol. The van der Waals surface area contributed by atoms with Crippen LogP contribution >= 0.6 is 0 Å². The minimum Gasteiger partial charge on any atom is -0.324 e. The van der Waals surface area contributed by atoms with Gasteiger partial charge in [0, 0.05) is 6.04 Å². The molecule has 1 heteroatoms. The molecule has 0 heterocycles. The highest BCUT2D eigenvalue weighted by Crippen LogP contribution is 1.88. The average Bonchev–Trinajstić information content (AvgIpc) is 1.83. The van der Waals surface area contributed by atoms with Crippen LogP contribution in [0.2, 0.25) is 0 Å². The first kappa shape index (κ1) is 7.70. The fraction of sp³-hybridized carbons (Fsp3) is 0.714. The maximum absolute atomic E-state index is 5.57. The fourth-order valence-electron chi connectivity index (χ4n) is 0.447. The van der Waals surface area contributed by atoms with Crippen LogP contribution in [0, 0.1) is 0 Å². The van der Waals surface area contributed by atoms with Crippen LogP contribution in [0.1, 0.15) is 26.7 Å². The predicted molar refractivity (Wildman–Crippen MR) is 37.7 cm³/mol. The van der Waals surface area contributed by atoms with Gasteiger partial charge in [-0.25, -0.2) is 0 Å². The SMILES string of the molecule is CC/C=C\C(N)CC. The Morgan fingerprint density at radius 1 is 1.50 bits per heavy atom. The molecular formula is C7H15N. The van der Waals surface area contributed by atoms with Crippen molar-refractivity contribution in [3.63, 3.8) is 0 Å². The van der Waals surface area contributed by atoms with E-state index in [4.69, 9.17) is 5.73 Å². The molecule has 0 aliphatic heterocycles. The van der Waals surface area contributed by atoms with Crippen molar-refractivity contribution >= 4 is 0 Å². The summed E-state index contributed by atoms with van der Waals surface area (Å²) in [6.07, 6.45) is 6.29. The number of nitrogens with two attached hydrogens (primary N) is 1. The topological polar surface area (TPSA) is 26.0 Å². The Balaban J connectivity index is 3.21. The highest BCUT2D eigenvalue weighted by atomic mass is 14.6. The third kappa shape index (κ3) is 3.88. The van der Waals surface area contributed by atoms with E-state index in [-0.39, 0.29) is 6.04 Å². The van der Waals surface area contributed by atoms with E-state index in [0.29, 0.717) is 0 Å². The van der Waals surface area contributed by atoms with Crippen LogP contribution in [0.25, 0.3) is 0 Å². The van der Waals surface area contributed by atoms with Crippen LogP contribution in [0.5, 0.6) is 0 Å². The van der Waals surface area contributed by atoms with Crippen LogP contribution in [-0.4, -0.2) is 6.04 Å². The molecule has 0 aliphatic carbocycles. The highest BCUT2D eigenvalue weighted by Gasteiger charge is 1.86. The molecular weight excluding hydrogens is 98.1 g/mol. The lowest BCUT2D eigenvalue weighted by atomic mass is 10.2. The lowest BCUT2D eigenvalue weighted by Gasteiger charge is -1.97. The van der Waals surface area contributed by atoms with Crippen molar-refractivity contribution < 1.29 is 0 Å². The van der Waals surface area contributed by atoms with Gasteiger partial charge >= 0.3 is 0 Å². The van der Waals surface area contributed by atoms with Crippen LogP contribution in [0.3, 0.4) is 0 Å². The zero-order chi connectivity index (χ0) is 6.41. The Morgan fingerprint density at radius 3 is 2.50 bits per heavy atom. The summed E-state index contributed by atoms with van der Waals surface area (Å²) in [5, 5.41) is 0. The summed E-state index contributed by atoms with van der Waals surface area (Å²) >= 11 is 0. The molecule has 0 aliphatic rings. The lowest BCUT2D eigenvalue weighted by Crippen LogP contribution is -2.14. The van der Waals surface area contributed by atoms with Gasteiger partial charge in [0.15, 0.2) is 0 Å². The number of hydrogen-bond acceptors (Lipinski definition) is 1. The molecule has 8 heavy (non-hydrogen) atoms. The first-order valence-electron chi connectivity index (χ1n) is 3.23. The Morgan fingerprint density at radius 2 is 2.12 bits per heavy atom. The minimum atomic E-state index is 0.273. The minimum absolute atomic E-state index is 0.273. The second-order valence-corrected chi connectivity index (χ2v) is 1.91. The zero-order valence-electron chi connectivity index (χ0n) is 5.72. The van der Waals surface area contributed by atoms with Gasteiger partial charge < -0.3 is 5.73 Å². The molecule has 1 atom stereocenters. The first-order valence-corrected chi connectivity index (χ1v) is 3.23. The van der Waals surface area contributed by atoms with Gasteiger partial charge in [-0.15, -0.1) is 0 Å². The van der Waals surface area contributed by atoms with Crippen LogP contribution in [0.4, 0.5) is 0 Å². The molecule has 0 aromatic carbocycles. The third-order valence-corrected chi connectivity index (χ3v) is 1.09. The van der Waals surface area contributed by atoms with Gasteiger partial charge in [0.25, 0.3) is 0 Å². The smallest absolute Gasteiger partial charge is 0.0221 e. The van der Waals surface area contributed by atoms with E-state index in [9.17, 15) is 0 Å². The molecule has 1 nitrogen and oxygen atoms in total. The van der Waals surface area contributed by atoms with Gasteiger partial charge in [-0.05, 0) is 12.8 Å². The fourth-order valence-corrected chi connectivity index (χ4v) is 0.447. The van der Waals surface area contributed by atoms with Crippen LogP contribution in [0.15, 0.2) is 12.2 Å². The summed E-state index contributed by atoms with van der Waals surface area (Å²) in [6, 6.07) is 0.273. The Hall–Kier alpha value is -0.300.